The molecule has 0 bridgehead atoms. The van der Waals surface area contributed by atoms with Crippen LogP contribution in [0.3, 0.4) is 0 Å². The third kappa shape index (κ3) is 2.51. The van der Waals surface area contributed by atoms with E-state index in [-0.39, 0.29) is 6.04 Å². The minimum Gasteiger partial charge on any atom is -0.326 e. The van der Waals surface area contributed by atoms with E-state index in [0.29, 0.717) is 18.0 Å². The van der Waals surface area contributed by atoms with Gasteiger partial charge in [0.05, 0.1) is 4.90 Å². The zero-order valence-electron chi connectivity index (χ0n) is 9.96. The second-order valence-corrected chi connectivity index (χ2v) is 6.35. The summed E-state index contributed by atoms with van der Waals surface area (Å²) in [6.07, 6.45) is 1.58. The van der Waals surface area contributed by atoms with E-state index in [4.69, 9.17) is 5.73 Å². The molecule has 1 heterocycles. The molecule has 0 unspecified atom stereocenters. The van der Waals surface area contributed by atoms with Gasteiger partial charge in [-0.15, -0.1) is 0 Å². The highest BCUT2D eigenvalue weighted by Gasteiger charge is 2.30. The second-order valence-electron chi connectivity index (χ2n) is 4.41. The zero-order valence-corrected chi connectivity index (χ0v) is 10.8. The van der Waals surface area contributed by atoms with E-state index in [9.17, 15) is 8.42 Å². The first kappa shape index (κ1) is 12.5. The van der Waals surface area contributed by atoms with Gasteiger partial charge in [-0.25, -0.2) is 8.42 Å². The molecular formula is C12H18N2O2S. The molecule has 0 amide bonds. The molecule has 0 saturated carbocycles. The first-order valence-corrected chi connectivity index (χ1v) is 7.32. The van der Waals surface area contributed by atoms with Crippen molar-refractivity contribution < 1.29 is 8.42 Å². The quantitative estimate of drug-likeness (QED) is 0.874. The van der Waals surface area contributed by atoms with Gasteiger partial charge in [-0.3, -0.25) is 0 Å². The first-order chi connectivity index (χ1) is 8.04. The first-order valence-electron chi connectivity index (χ1n) is 5.88. The lowest BCUT2D eigenvalue weighted by atomic mass is 10.2. The molecule has 5 heteroatoms. The molecule has 0 aliphatic carbocycles. The van der Waals surface area contributed by atoms with Crippen molar-refractivity contribution in [3.05, 3.63) is 29.8 Å². The van der Waals surface area contributed by atoms with Crippen molar-refractivity contribution in [2.45, 2.75) is 30.7 Å². The molecule has 1 fully saturated rings. The molecule has 2 rings (SSSR count). The van der Waals surface area contributed by atoms with E-state index in [1.54, 1.807) is 18.2 Å². The Hall–Kier alpha value is -0.910. The lowest BCUT2D eigenvalue weighted by Gasteiger charge is -2.16. The molecule has 1 saturated heterocycles. The summed E-state index contributed by atoms with van der Waals surface area (Å²) in [5.41, 5.74) is 6.79. The summed E-state index contributed by atoms with van der Waals surface area (Å²) < 4.78 is 26.1. The fourth-order valence-electron chi connectivity index (χ4n) is 2.05. The van der Waals surface area contributed by atoms with Crippen molar-refractivity contribution in [2.24, 2.45) is 5.73 Å². The maximum atomic E-state index is 12.3. The van der Waals surface area contributed by atoms with Crippen LogP contribution >= 0.6 is 0 Å². The molecule has 94 valence electrons. The number of rotatable bonds is 3. The lowest BCUT2D eigenvalue weighted by Crippen LogP contribution is -2.32. The van der Waals surface area contributed by atoms with Crippen LogP contribution in [0.1, 0.15) is 18.9 Å². The van der Waals surface area contributed by atoms with Gasteiger partial charge in [-0.2, -0.15) is 4.31 Å². The van der Waals surface area contributed by atoms with Crippen LogP contribution in [0.4, 0.5) is 0 Å². The van der Waals surface area contributed by atoms with Crippen molar-refractivity contribution in [3.63, 3.8) is 0 Å². The Morgan fingerprint density at radius 1 is 1.47 bits per heavy atom. The van der Waals surface area contributed by atoms with Crippen molar-refractivity contribution in [1.29, 1.82) is 0 Å². The van der Waals surface area contributed by atoms with Gasteiger partial charge in [0.2, 0.25) is 10.0 Å². The Bertz CT molecular complexity index is 499. The summed E-state index contributed by atoms with van der Waals surface area (Å²) >= 11 is 0. The summed E-state index contributed by atoms with van der Waals surface area (Å²) in [6, 6.07) is 7.10. The standard InChI is InChI=1S/C12H18N2O2S/c1-2-10-4-3-5-12(8-10)17(15,16)14-7-6-11(13)9-14/h3-5,8,11H,2,6-7,9,13H2,1H3/t11-/m0/s1. The van der Waals surface area contributed by atoms with Crippen LogP contribution in [-0.2, 0) is 16.4 Å². The number of aryl methyl sites for hydroxylation is 1. The molecule has 0 aromatic heterocycles. The highest BCUT2D eigenvalue weighted by atomic mass is 32.2. The highest BCUT2D eigenvalue weighted by Crippen LogP contribution is 2.21. The number of nitrogens with two attached hydrogens (primary N) is 1. The van der Waals surface area contributed by atoms with Crippen LogP contribution in [0.5, 0.6) is 0 Å². The van der Waals surface area contributed by atoms with Crippen molar-refractivity contribution >= 4 is 10.0 Å². The number of nitrogens with zero attached hydrogens (tertiary/aromatic N) is 1. The maximum absolute atomic E-state index is 12.3. The van der Waals surface area contributed by atoms with Gasteiger partial charge in [0.1, 0.15) is 0 Å². The largest absolute Gasteiger partial charge is 0.326 e. The van der Waals surface area contributed by atoms with Crippen molar-refractivity contribution in [3.8, 4) is 0 Å². The van der Waals surface area contributed by atoms with E-state index in [1.807, 2.05) is 13.0 Å². The smallest absolute Gasteiger partial charge is 0.243 e. The Balaban J connectivity index is 2.31. The van der Waals surface area contributed by atoms with Crippen LogP contribution in [-0.4, -0.2) is 31.9 Å². The third-order valence-electron chi connectivity index (χ3n) is 3.13. The predicted octanol–water partition coefficient (Wildman–Crippen LogP) is 0.971. The Kier molecular flexibility index (Phi) is 3.51. The van der Waals surface area contributed by atoms with Gasteiger partial charge >= 0.3 is 0 Å². The van der Waals surface area contributed by atoms with Crippen LogP contribution < -0.4 is 5.73 Å². The molecular weight excluding hydrogens is 236 g/mol. The minimum atomic E-state index is -3.35. The third-order valence-corrected chi connectivity index (χ3v) is 4.99. The molecule has 4 nitrogen and oxygen atoms in total. The predicted molar refractivity (Wildman–Crippen MR) is 67.2 cm³/mol. The normalized spacial score (nSPS) is 21.9. The van der Waals surface area contributed by atoms with Gasteiger partial charge in [0.25, 0.3) is 0 Å². The van der Waals surface area contributed by atoms with E-state index in [0.717, 1.165) is 18.4 Å². The molecule has 1 atom stereocenters. The van der Waals surface area contributed by atoms with E-state index in [1.165, 1.54) is 4.31 Å². The molecule has 17 heavy (non-hydrogen) atoms. The Morgan fingerprint density at radius 3 is 2.82 bits per heavy atom. The van der Waals surface area contributed by atoms with Crippen LogP contribution in [0, 0.1) is 0 Å². The topological polar surface area (TPSA) is 63.4 Å². The number of sulfonamides is 1. The van der Waals surface area contributed by atoms with Gasteiger partial charge in [-0.1, -0.05) is 19.1 Å². The molecule has 1 aliphatic heterocycles. The molecule has 1 aromatic carbocycles. The van der Waals surface area contributed by atoms with Gasteiger partial charge in [0.15, 0.2) is 0 Å². The van der Waals surface area contributed by atoms with Gasteiger partial charge in [-0.05, 0) is 30.5 Å². The number of benzene rings is 1. The molecule has 0 spiro atoms. The average molecular weight is 254 g/mol. The van der Waals surface area contributed by atoms with Crippen LogP contribution in [0.25, 0.3) is 0 Å². The fourth-order valence-corrected chi connectivity index (χ4v) is 3.63. The summed E-state index contributed by atoms with van der Waals surface area (Å²) in [5.74, 6) is 0. The monoisotopic (exact) mass is 254 g/mol. The lowest BCUT2D eigenvalue weighted by molar-refractivity contribution is 0.472. The average Bonchev–Trinajstić information content (AvgIpc) is 2.76. The maximum Gasteiger partial charge on any atom is 0.243 e. The summed E-state index contributed by atoms with van der Waals surface area (Å²) in [7, 11) is -3.35. The van der Waals surface area contributed by atoms with E-state index < -0.39 is 10.0 Å². The van der Waals surface area contributed by atoms with Crippen molar-refractivity contribution in [1.82, 2.24) is 4.31 Å². The van der Waals surface area contributed by atoms with E-state index in [2.05, 4.69) is 0 Å². The molecule has 1 aromatic rings. The fraction of sp³-hybridized carbons (Fsp3) is 0.500. The number of hydrogen-bond acceptors (Lipinski definition) is 3. The van der Waals surface area contributed by atoms with Crippen LogP contribution in [0.15, 0.2) is 29.2 Å². The Labute approximate surface area is 102 Å². The molecule has 1 aliphatic rings. The highest BCUT2D eigenvalue weighted by molar-refractivity contribution is 7.89. The summed E-state index contributed by atoms with van der Waals surface area (Å²) in [5, 5.41) is 0. The number of hydrogen-bond donors (Lipinski definition) is 1. The molecule has 0 radical (unpaired) electrons. The SMILES string of the molecule is CCc1cccc(S(=O)(=O)N2CC[C@H](N)C2)c1. The van der Waals surface area contributed by atoms with Crippen molar-refractivity contribution in [2.75, 3.05) is 13.1 Å². The van der Waals surface area contributed by atoms with Gasteiger partial charge in [0, 0.05) is 19.1 Å². The van der Waals surface area contributed by atoms with Crippen LogP contribution in [0.2, 0.25) is 0 Å². The second kappa shape index (κ2) is 4.76. The minimum absolute atomic E-state index is 0.0286. The Morgan fingerprint density at radius 2 is 2.24 bits per heavy atom. The summed E-state index contributed by atoms with van der Waals surface area (Å²) in [6.45, 7) is 2.97. The van der Waals surface area contributed by atoms with Gasteiger partial charge < -0.3 is 5.73 Å². The zero-order chi connectivity index (χ0) is 12.5. The summed E-state index contributed by atoms with van der Waals surface area (Å²) in [4.78, 5) is 0.381. The van der Waals surface area contributed by atoms with E-state index >= 15 is 0 Å². The molecule has 2 N–H and O–H groups in total.